The van der Waals surface area contributed by atoms with Crippen LogP contribution >= 0.6 is 0 Å². The first-order chi connectivity index (χ1) is 6.41. The van der Waals surface area contributed by atoms with Gasteiger partial charge in [-0.1, -0.05) is 30.9 Å². The number of allylic oxidation sites excluding steroid dienone is 3. The van der Waals surface area contributed by atoms with Crippen LogP contribution in [0.3, 0.4) is 0 Å². The van der Waals surface area contributed by atoms with Crippen LogP contribution in [0.25, 0.3) is 0 Å². The van der Waals surface area contributed by atoms with Crippen LogP contribution in [0, 0.1) is 11.8 Å². The van der Waals surface area contributed by atoms with Crippen LogP contribution in [-0.4, -0.2) is 6.29 Å². The van der Waals surface area contributed by atoms with Gasteiger partial charge in [0.05, 0.1) is 0 Å². The first-order valence-electron chi connectivity index (χ1n) is 4.62. The molecule has 0 aliphatic rings. The Bertz CT molecular complexity index is 215. The molecule has 0 aromatic carbocycles. The summed E-state index contributed by atoms with van der Waals surface area (Å²) in [6.07, 6.45) is 11.5. The fourth-order valence-electron chi connectivity index (χ4n) is 0.916. The molecule has 0 aliphatic heterocycles. The van der Waals surface area contributed by atoms with E-state index in [9.17, 15) is 4.79 Å². The lowest BCUT2D eigenvalue weighted by atomic mass is 10.1. The van der Waals surface area contributed by atoms with E-state index in [0.29, 0.717) is 6.42 Å². The van der Waals surface area contributed by atoms with E-state index in [1.54, 1.807) is 6.08 Å². The number of hydrogen-bond acceptors (Lipinski definition) is 1. The van der Waals surface area contributed by atoms with Gasteiger partial charge >= 0.3 is 0 Å². The van der Waals surface area contributed by atoms with Crippen LogP contribution in [0.1, 0.15) is 32.1 Å². The summed E-state index contributed by atoms with van der Waals surface area (Å²) in [5.41, 5.74) is 0. The summed E-state index contributed by atoms with van der Waals surface area (Å²) < 4.78 is 0. The Morgan fingerprint density at radius 2 is 1.85 bits per heavy atom. The third kappa shape index (κ3) is 10.7. The maximum atomic E-state index is 9.97. The molecular weight excluding hydrogens is 160 g/mol. The van der Waals surface area contributed by atoms with Crippen molar-refractivity contribution in [1.82, 2.24) is 0 Å². The third-order valence-corrected chi connectivity index (χ3v) is 1.58. The Balaban J connectivity index is 3.19. The molecule has 0 rings (SSSR count). The second kappa shape index (κ2) is 10.7. The number of aldehydes is 1. The minimum atomic E-state index is 0.694. The van der Waals surface area contributed by atoms with Gasteiger partial charge in [0.25, 0.3) is 0 Å². The van der Waals surface area contributed by atoms with Crippen molar-refractivity contribution in [3.05, 3.63) is 24.8 Å². The maximum Gasteiger partial charge on any atom is 0.119 e. The Morgan fingerprint density at radius 3 is 2.54 bits per heavy atom. The molecule has 0 N–H and O–H groups in total. The fraction of sp³-hybridized carbons (Fsp3) is 0.417. The van der Waals surface area contributed by atoms with E-state index in [-0.39, 0.29) is 0 Å². The third-order valence-electron chi connectivity index (χ3n) is 1.58. The second-order valence-electron chi connectivity index (χ2n) is 2.70. The summed E-state index contributed by atoms with van der Waals surface area (Å²) >= 11 is 0. The summed E-state index contributed by atoms with van der Waals surface area (Å²) in [7, 11) is 0. The standard InChI is InChI=1S/C12H16O/c1-2-3-4-5-6-7-8-9-10-11-12-13/h2,5-6,12H,1,7-11H2/b6-5-. The Kier molecular flexibility index (Phi) is 9.65. The Labute approximate surface area is 80.5 Å². The zero-order valence-corrected chi connectivity index (χ0v) is 7.96. The van der Waals surface area contributed by atoms with Gasteiger partial charge in [0.2, 0.25) is 0 Å². The number of rotatable bonds is 6. The predicted octanol–water partition coefficient (Wildman–Crippen LogP) is 2.88. The topological polar surface area (TPSA) is 17.1 Å². The van der Waals surface area contributed by atoms with E-state index in [1.807, 2.05) is 6.08 Å². The summed E-state index contributed by atoms with van der Waals surface area (Å²) in [4.78, 5) is 9.97. The van der Waals surface area contributed by atoms with Gasteiger partial charge in [-0.05, 0) is 31.4 Å². The van der Waals surface area contributed by atoms with Crippen LogP contribution in [0.15, 0.2) is 24.8 Å². The van der Waals surface area contributed by atoms with E-state index in [4.69, 9.17) is 0 Å². The molecule has 1 nitrogen and oxygen atoms in total. The van der Waals surface area contributed by atoms with Gasteiger partial charge in [-0.2, -0.15) is 0 Å². The number of carbonyl (C=O) groups is 1. The maximum absolute atomic E-state index is 9.97. The van der Waals surface area contributed by atoms with Gasteiger partial charge < -0.3 is 4.79 Å². The quantitative estimate of drug-likeness (QED) is 0.345. The molecule has 0 fully saturated rings. The van der Waals surface area contributed by atoms with E-state index in [0.717, 1.165) is 32.0 Å². The highest BCUT2D eigenvalue weighted by Crippen LogP contribution is 2.01. The lowest BCUT2D eigenvalue weighted by Crippen LogP contribution is -1.77. The molecule has 0 saturated heterocycles. The normalized spacial score (nSPS) is 9.23. The van der Waals surface area contributed by atoms with Crippen LogP contribution in [0.2, 0.25) is 0 Å². The first-order valence-corrected chi connectivity index (χ1v) is 4.62. The molecule has 0 aromatic heterocycles. The molecular formula is C12H16O. The highest BCUT2D eigenvalue weighted by Gasteiger charge is 1.85. The summed E-state index contributed by atoms with van der Waals surface area (Å²) in [5, 5.41) is 0. The van der Waals surface area contributed by atoms with E-state index >= 15 is 0 Å². The lowest BCUT2D eigenvalue weighted by molar-refractivity contribution is -0.107. The van der Waals surface area contributed by atoms with Gasteiger partial charge in [0.1, 0.15) is 6.29 Å². The predicted molar refractivity (Wildman–Crippen MR) is 56.3 cm³/mol. The molecule has 13 heavy (non-hydrogen) atoms. The van der Waals surface area contributed by atoms with Gasteiger partial charge in [0, 0.05) is 6.42 Å². The SMILES string of the molecule is C=CC#C/C=C\CCCCCC=O. The number of carbonyl (C=O) groups excluding carboxylic acids is 1. The molecule has 0 amide bonds. The van der Waals surface area contributed by atoms with Crippen molar-refractivity contribution in [2.24, 2.45) is 0 Å². The van der Waals surface area contributed by atoms with E-state index in [2.05, 4.69) is 24.5 Å². The zero-order valence-electron chi connectivity index (χ0n) is 7.96. The van der Waals surface area contributed by atoms with Gasteiger partial charge in [-0.15, -0.1) is 0 Å². The molecule has 0 radical (unpaired) electrons. The van der Waals surface area contributed by atoms with Crippen molar-refractivity contribution in [3.63, 3.8) is 0 Å². The zero-order chi connectivity index (χ0) is 9.78. The molecule has 0 atom stereocenters. The smallest absolute Gasteiger partial charge is 0.119 e. The van der Waals surface area contributed by atoms with Crippen LogP contribution in [0.5, 0.6) is 0 Å². The van der Waals surface area contributed by atoms with Crippen molar-refractivity contribution in [3.8, 4) is 11.8 Å². The fourth-order valence-corrected chi connectivity index (χ4v) is 0.916. The molecule has 0 spiro atoms. The van der Waals surface area contributed by atoms with E-state index < -0.39 is 0 Å². The van der Waals surface area contributed by atoms with Crippen molar-refractivity contribution >= 4 is 6.29 Å². The monoisotopic (exact) mass is 176 g/mol. The summed E-state index contributed by atoms with van der Waals surface area (Å²) in [6, 6.07) is 0. The molecule has 1 heteroatoms. The average Bonchev–Trinajstić information content (AvgIpc) is 2.16. The minimum Gasteiger partial charge on any atom is -0.303 e. The van der Waals surface area contributed by atoms with Crippen LogP contribution in [-0.2, 0) is 4.79 Å². The number of hydrogen-bond donors (Lipinski definition) is 0. The minimum absolute atomic E-state index is 0.694. The molecule has 0 saturated carbocycles. The van der Waals surface area contributed by atoms with Crippen molar-refractivity contribution in [2.45, 2.75) is 32.1 Å². The van der Waals surface area contributed by atoms with Crippen LogP contribution in [0.4, 0.5) is 0 Å². The first kappa shape index (κ1) is 11.7. The van der Waals surface area contributed by atoms with Crippen LogP contribution < -0.4 is 0 Å². The van der Waals surface area contributed by atoms with Crippen molar-refractivity contribution in [1.29, 1.82) is 0 Å². The molecule has 0 aromatic rings. The molecule has 0 heterocycles. The lowest BCUT2D eigenvalue weighted by Gasteiger charge is -1.92. The highest BCUT2D eigenvalue weighted by atomic mass is 16.1. The summed E-state index contributed by atoms with van der Waals surface area (Å²) in [5.74, 6) is 5.57. The molecule has 0 aliphatic carbocycles. The largest absolute Gasteiger partial charge is 0.303 e. The number of unbranched alkanes of at least 4 members (excludes halogenated alkanes) is 4. The molecule has 0 bridgehead atoms. The van der Waals surface area contributed by atoms with Gasteiger partial charge in [0.15, 0.2) is 0 Å². The Hall–Kier alpha value is -1.29. The average molecular weight is 176 g/mol. The second-order valence-corrected chi connectivity index (χ2v) is 2.70. The van der Waals surface area contributed by atoms with E-state index in [1.165, 1.54) is 0 Å². The molecule has 70 valence electrons. The van der Waals surface area contributed by atoms with Crippen molar-refractivity contribution in [2.75, 3.05) is 0 Å². The van der Waals surface area contributed by atoms with Gasteiger partial charge in [-0.3, -0.25) is 0 Å². The molecule has 0 unspecified atom stereocenters. The highest BCUT2D eigenvalue weighted by molar-refractivity contribution is 5.48. The van der Waals surface area contributed by atoms with Crippen molar-refractivity contribution < 1.29 is 4.79 Å². The summed E-state index contributed by atoms with van der Waals surface area (Å²) in [6.45, 7) is 3.49. The van der Waals surface area contributed by atoms with Gasteiger partial charge in [-0.25, -0.2) is 0 Å². The Morgan fingerprint density at radius 1 is 1.08 bits per heavy atom.